The van der Waals surface area contributed by atoms with Gasteiger partial charge in [-0.2, -0.15) is 13.2 Å². The molecule has 0 saturated heterocycles. The lowest BCUT2D eigenvalue weighted by Crippen LogP contribution is -2.11. The van der Waals surface area contributed by atoms with Gasteiger partial charge in [-0.05, 0) is 12.1 Å². The van der Waals surface area contributed by atoms with E-state index in [4.69, 9.17) is 4.52 Å². The zero-order valence-corrected chi connectivity index (χ0v) is 12.9. The van der Waals surface area contributed by atoms with Gasteiger partial charge in [-0.1, -0.05) is 28.6 Å². The molecule has 0 aliphatic rings. The second-order valence-electron chi connectivity index (χ2n) is 4.91. The van der Waals surface area contributed by atoms with E-state index in [-0.39, 0.29) is 22.2 Å². The predicted molar refractivity (Wildman–Crippen MR) is 82.2 cm³/mol. The number of carbonyl (C=O) groups is 1. The van der Waals surface area contributed by atoms with Crippen LogP contribution in [0.3, 0.4) is 0 Å². The van der Waals surface area contributed by atoms with E-state index < -0.39 is 17.1 Å². The molecule has 0 aliphatic heterocycles. The summed E-state index contributed by atoms with van der Waals surface area (Å²) in [6.07, 6.45) is -3.04. The highest BCUT2D eigenvalue weighted by Crippen LogP contribution is 2.33. The van der Waals surface area contributed by atoms with Crippen LogP contribution in [-0.2, 0) is 6.18 Å². The number of hydrogen-bond acceptors (Lipinski definition) is 7. The number of anilines is 1. The molecule has 4 aromatic rings. The van der Waals surface area contributed by atoms with Crippen LogP contribution < -0.4 is 5.32 Å². The van der Waals surface area contributed by atoms with Gasteiger partial charge in [0.15, 0.2) is 0 Å². The van der Waals surface area contributed by atoms with E-state index in [2.05, 4.69) is 25.7 Å². The lowest BCUT2D eigenvalue weighted by Gasteiger charge is -1.99. The van der Waals surface area contributed by atoms with Crippen molar-refractivity contribution in [2.75, 3.05) is 5.32 Å². The Morgan fingerprint density at radius 3 is 2.76 bits per heavy atom. The van der Waals surface area contributed by atoms with E-state index in [1.807, 2.05) is 6.07 Å². The summed E-state index contributed by atoms with van der Waals surface area (Å²) in [7, 11) is 0. The predicted octanol–water partition coefficient (Wildman–Crippen LogP) is 3.50. The van der Waals surface area contributed by atoms with E-state index in [0.29, 0.717) is 16.4 Å². The number of nitrogens with one attached hydrogen (secondary N) is 1. The van der Waals surface area contributed by atoms with Gasteiger partial charge in [-0.3, -0.25) is 15.1 Å². The molecule has 0 bridgehead atoms. The van der Waals surface area contributed by atoms with Crippen LogP contribution in [0, 0.1) is 0 Å². The summed E-state index contributed by atoms with van der Waals surface area (Å²) in [5, 5.41) is 12.1. The topological polar surface area (TPSA) is 93.8 Å². The first-order valence-electron chi connectivity index (χ1n) is 6.78. The van der Waals surface area contributed by atoms with E-state index in [1.165, 1.54) is 0 Å². The van der Waals surface area contributed by atoms with Gasteiger partial charge in [0.25, 0.3) is 5.91 Å². The van der Waals surface area contributed by atoms with E-state index in [0.717, 1.165) is 5.39 Å². The number of fused-ring (bicyclic) bond motifs is 3. The minimum absolute atomic E-state index is 0.147. The van der Waals surface area contributed by atoms with Crippen LogP contribution in [-0.4, -0.2) is 26.2 Å². The number of benzene rings is 1. The maximum absolute atomic E-state index is 12.5. The van der Waals surface area contributed by atoms with Crippen molar-refractivity contribution in [2.45, 2.75) is 6.18 Å². The fourth-order valence-corrected chi connectivity index (χ4v) is 2.86. The van der Waals surface area contributed by atoms with Gasteiger partial charge in [0.2, 0.25) is 15.9 Å². The summed E-state index contributed by atoms with van der Waals surface area (Å²) >= 11 is 0.220. The molecule has 25 heavy (non-hydrogen) atoms. The van der Waals surface area contributed by atoms with Crippen molar-refractivity contribution in [1.82, 2.24) is 20.3 Å². The first-order valence-corrected chi connectivity index (χ1v) is 7.60. The highest BCUT2D eigenvalue weighted by atomic mass is 32.1. The van der Waals surface area contributed by atoms with Gasteiger partial charge < -0.3 is 4.52 Å². The van der Waals surface area contributed by atoms with Crippen molar-refractivity contribution < 1.29 is 22.5 Å². The number of hydrogen-bond donors (Lipinski definition) is 1. The summed E-state index contributed by atoms with van der Waals surface area (Å²) in [6.45, 7) is 0. The quantitative estimate of drug-likeness (QED) is 0.584. The number of aromatic nitrogens is 4. The Labute approximate surface area is 140 Å². The molecule has 4 rings (SSSR count). The number of halogens is 3. The Bertz CT molecular complexity index is 1100. The van der Waals surface area contributed by atoms with Gasteiger partial charge in [-0.15, -0.1) is 10.2 Å². The third-order valence-corrected chi connectivity index (χ3v) is 4.20. The molecule has 3 aromatic heterocycles. The smallest absolute Gasteiger partial charge is 0.350 e. The summed E-state index contributed by atoms with van der Waals surface area (Å²) in [4.78, 5) is 16.5. The summed E-state index contributed by atoms with van der Waals surface area (Å²) in [5.41, 5.74) is 0.939. The number of pyridine rings is 1. The molecule has 126 valence electrons. The number of nitrogens with zero attached hydrogens (tertiary/aromatic N) is 4. The maximum Gasteiger partial charge on any atom is 0.445 e. The minimum atomic E-state index is -4.62. The highest BCUT2D eigenvalue weighted by molar-refractivity contribution is 7.15. The van der Waals surface area contributed by atoms with Crippen molar-refractivity contribution in [3.63, 3.8) is 0 Å². The molecular formula is C14H6F3N5O2S. The van der Waals surface area contributed by atoms with Gasteiger partial charge >= 0.3 is 6.18 Å². The standard InChI is InChI=1S/C14H6F3N5O2S/c15-14(16,17)12-20-21-13(25-12)19-11(23)10-7-4-3-6-2-1-5-18-8(6)9(7)22-24-10/h1-5H,(H,19,21,23). The van der Waals surface area contributed by atoms with Crippen LogP contribution in [0.1, 0.15) is 15.6 Å². The van der Waals surface area contributed by atoms with Crippen LogP contribution in [0.5, 0.6) is 0 Å². The lowest BCUT2D eigenvalue weighted by atomic mass is 10.1. The second kappa shape index (κ2) is 5.48. The number of rotatable bonds is 2. The van der Waals surface area contributed by atoms with Crippen LogP contribution in [0.4, 0.5) is 18.3 Å². The van der Waals surface area contributed by atoms with Crippen LogP contribution >= 0.6 is 11.3 Å². The zero-order chi connectivity index (χ0) is 17.6. The fraction of sp³-hybridized carbons (Fsp3) is 0.0714. The van der Waals surface area contributed by atoms with Gasteiger partial charge in [0.05, 0.1) is 10.9 Å². The number of alkyl halides is 3. The van der Waals surface area contributed by atoms with Gasteiger partial charge in [0.1, 0.15) is 5.52 Å². The normalized spacial score (nSPS) is 12.0. The minimum Gasteiger partial charge on any atom is -0.350 e. The first-order chi connectivity index (χ1) is 11.9. The summed E-state index contributed by atoms with van der Waals surface area (Å²) in [5.74, 6) is -0.922. The number of carbonyl (C=O) groups excluding carboxylic acids is 1. The lowest BCUT2D eigenvalue weighted by molar-refractivity contribution is -0.138. The molecule has 0 radical (unpaired) electrons. The molecule has 0 aliphatic carbocycles. The molecule has 0 atom stereocenters. The van der Waals surface area contributed by atoms with E-state index >= 15 is 0 Å². The maximum atomic E-state index is 12.5. The molecule has 0 spiro atoms. The molecule has 7 nitrogen and oxygen atoms in total. The Morgan fingerprint density at radius 1 is 1.16 bits per heavy atom. The van der Waals surface area contributed by atoms with Crippen molar-refractivity contribution in [3.8, 4) is 0 Å². The van der Waals surface area contributed by atoms with Crippen LogP contribution in [0.15, 0.2) is 35.0 Å². The molecule has 0 fully saturated rings. The second-order valence-corrected chi connectivity index (χ2v) is 5.89. The van der Waals surface area contributed by atoms with Crippen molar-refractivity contribution in [2.24, 2.45) is 0 Å². The Morgan fingerprint density at radius 2 is 2.00 bits per heavy atom. The largest absolute Gasteiger partial charge is 0.445 e. The Kier molecular flexibility index (Phi) is 3.39. The third-order valence-electron chi connectivity index (χ3n) is 3.31. The van der Waals surface area contributed by atoms with Crippen molar-refractivity contribution >= 4 is 44.2 Å². The Balaban J connectivity index is 1.69. The summed E-state index contributed by atoms with van der Waals surface area (Å²) in [6, 6.07) is 6.96. The molecule has 1 aromatic carbocycles. The van der Waals surface area contributed by atoms with Crippen molar-refractivity contribution in [3.05, 3.63) is 41.2 Å². The Hall–Kier alpha value is -3.08. The van der Waals surface area contributed by atoms with Crippen LogP contribution in [0.25, 0.3) is 21.8 Å². The monoisotopic (exact) mass is 365 g/mol. The van der Waals surface area contributed by atoms with Crippen molar-refractivity contribution in [1.29, 1.82) is 0 Å². The molecule has 0 unspecified atom stereocenters. The summed E-state index contributed by atoms with van der Waals surface area (Å²) < 4.78 is 42.6. The molecule has 3 heterocycles. The molecule has 0 saturated carbocycles. The molecular weight excluding hydrogens is 359 g/mol. The average molecular weight is 365 g/mol. The molecule has 11 heteroatoms. The van der Waals surface area contributed by atoms with Crippen LogP contribution in [0.2, 0.25) is 0 Å². The van der Waals surface area contributed by atoms with E-state index in [9.17, 15) is 18.0 Å². The zero-order valence-electron chi connectivity index (χ0n) is 12.0. The highest BCUT2D eigenvalue weighted by Gasteiger charge is 2.36. The first kappa shape index (κ1) is 15.4. The van der Waals surface area contributed by atoms with E-state index in [1.54, 1.807) is 24.4 Å². The number of amides is 1. The SMILES string of the molecule is O=C(Nc1nnc(C(F)(F)F)s1)c1onc2c1ccc1cccnc12. The third kappa shape index (κ3) is 2.67. The van der Waals surface area contributed by atoms with Gasteiger partial charge in [0, 0.05) is 11.6 Å². The fourth-order valence-electron chi connectivity index (χ4n) is 2.25. The molecule has 1 amide bonds. The van der Waals surface area contributed by atoms with Gasteiger partial charge in [-0.25, -0.2) is 0 Å². The average Bonchev–Trinajstić information content (AvgIpc) is 3.21. The molecule has 1 N–H and O–H groups in total.